The molecular formula is C11H11N5O2S. The molecular weight excluding hydrogens is 266 g/mol. The Kier molecular flexibility index (Phi) is 4.04. The molecule has 0 radical (unpaired) electrons. The van der Waals surface area contributed by atoms with Gasteiger partial charge in [-0.25, -0.2) is 15.2 Å². The second kappa shape index (κ2) is 5.91. The number of pyridine rings is 1. The third kappa shape index (κ3) is 3.75. The summed E-state index contributed by atoms with van der Waals surface area (Å²) in [6.45, 7) is 1.82. The van der Waals surface area contributed by atoms with Gasteiger partial charge in [-0.05, 0) is 19.1 Å². The smallest absolute Gasteiger partial charge is 0.282 e. The summed E-state index contributed by atoms with van der Waals surface area (Å²) in [6, 6.07) is 2.52. The summed E-state index contributed by atoms with van der Waals surface area (Å²) in [5.74, 6) is -0.423. The van der Waals surface area contributed by atoms with Crippen LogP contribution in [0.1, 0.15) is 16.1 Å². The number of urea groups is 1. The van der Waals surface area contributed by atoms with Gasteiger partial charge in [0.25, 0.3) is 5.91 Å². The lowest BCUT2D eigenvalue weighted by Gasteiger charge is -2.06. The van der Waals surface area contributed by atoms with Crippen molar-refractivity contribution in [1.29, 1.82) is 0 Å². The fourth-order valence-corrected chi connectivity index (χ4v) is 1.91. The monoisotopic (exact) mass is 277 g/mol. The predicted octanol–water partition coefficient (Wildman–Crippen LogP) is 1.31. The first-order valence-electron chi connectivity index (χ1n) is 5.34. The number of carbonyl (C=O) groups excluding carboxylic acids is 2. The van der Waals surface area contributed by atoms with Crippen molar-refractivity contribution in [2.45, 2.75) is 6.92 Å². The Bertz CT molecular complexity index is 584. The lowest BCUT2D eigenvalue weighted by atomic mass is 10.3. The number of nitrogens with one attached hydrogen (secondary N) is 3. The third-order valence-corrected chi connectivity index (χ3v) is 2.95. The fourth-order valence-electron chi connectivity index (χ4n) is 1.23. The van der Waals surface area contributed by atoms with Crippen LogP contribution in [0.2, 0.25) is 0 Å². The normalized spacial score (nSPS) is 9.74. The van der Waals surface area contributed by atoms with Crippen molar-refractivity contribution >= 4 is 28.4 Å². The summed E-state index contributed by atoms with van der Waals surface area (Å²) < 4.78 is 0. The minimum absolute atomic E-state index is 0.403. The first kappa shape index (κ1) is 13.0. The van der Waals surface area contributed by atoms with Crippen molar-refractivity contribution in [3.8, 4) is 0 Å². The molecule has 0 aromatic carbocycles. The van der Waals surface area contributed by atoms with Crippen LogP contribution >= 0.6 is 11.3 Å². The van der Waals surface area contributed by atoms with E-state index in [4.69, 9.17) is 0 Å². The second-order valence-corrected chi connectivity index (χ2v) is 4.42. The predicted molar refractivity (Wildman–Crippen MR) is 70.7 cm³/mol. The molecule has 2 aromatic heterocycles. The quantitative estimate of drug-likeness (QED) is 0.721. The zero-order valence-corrected chi connectivity index (χ0v) is 10.8. The number of rotatable bonds is 2. The van der Waals surface area contributed by atoms with Crippen LogP contribution in [0.4, 0.5) is 9.93 Å². The van der Waals surface area contributed by atoms with Gasteiger partial charge in [-0.2, -0.15) is 0 Å². The zero-order chi connectivity index (χ0) is 13.7. The van der Waals surface area contributed by atoms with Crippen molar-refractivity contribution < 1.29 is 9.59 Å². The second-order valence-electron chi connectivity index (χ2n) is 3.56. The molecule has 0 bridgehead atoms. The average molecular weight is 277 g/mol. The third-order valence-electron chi connectivity index (χ3n) is 2.07. The van der Waals surface area contributed by atoms with Crippen molar-refractivity contribution in [2.75, 3.05) is 5.32 Å². The maximum atomic E-state index is 11.6. The largest absolute Gasteiger partial charge is 0.339 e. The average Bonchev–Trinajstić information content (AvgIpc) is 2.82. The maximum absolute atomic E-state index is 11.6. The Morgan fingerprint density at radius 3 is 2.58 bits per heavy atom. The van der Waals surface area contributed by atoms with Crippen LogP contribution in [-0.2, 0) is 0 Å². The van der Waals surface area contributed by atoms with Crippen LogP contribution in [0.5, 0.6) is 0 Å². The summed E-state index contributed by atoms with van der Waals surface area (Å²) >= 11 is 1.30. The molecule has 2 aromatic rings. The first-order chi connectivity index (χ1) is 9.15. The summed E-state index contributed by atoms with van der Waals surface area (Å²) in [5, 5.41) is 4.78. The summed E-state index contributed by atoms with van der Waals surface area (Å²) in [5.41, 5.74) is 5.73. The van der Waals surface area contributed by atoms with E-state index in [1.165, 1.54) is 23.7 Å². The van der Waals surface area contributed by atoms with Crippen molar-refractivity contribution in [3.63, 3.8) is 0 Å². The first-order valence-corrected chi connectivity index (χ1v) is 6.22. The lowest BCUT2D eigenvalue weighted by Crippen LogP contribution is -2.43. The van der Waals surface area contributed by atoms with E-state index in [2.05, 4.69) is 26.1 Å². The standard InChI is InChI=1S/C11H11N5O2S/c1-7-6-19-11(13-7)14-10(18)16-15-9(17)8-2-4-12-5-3-8/h2-6H,1H3,(H,15,17)(H2,13,14,16,18). The Hall–Kier alpha value is -2.48. The summed E-state index contributed by atoms with van der Waals surface area (Å²) in [4.78, 5) is 30.9. The number of thiazole rings is 1. The highest BCUT2D eigenvalue weighted by atomic mass is 32.1. The van der Waals surface area contributed by atoms with Crippen LogP contribution in [-0.4, -0.2) is 21.9 Å². The van der Waals surface area contributed by atoms with E-state index in [0.717, 1.165) is 5.69 Å². The van der Waals surface area contributed by atoms with Crippen LogP contribution < -0.4 is 16.2 Å². The highest BCUT2D eigenvalue weighted by Gasteiger charge is 2.08. The fraction of sp³-hybridized carbons (Fsp3) is 0.0909. The summed E-state index contributed by atoms with van der Waals surface area (Å²) in [7, 11) is 0. The molecule has 0 spiro atoms. The van der Waals surface area contributed by atoms with Crippen molar-refractivity contribution in [2.24, 2.45) is 0 Å². The molecule has 0 fully saturated rings. The molecule has 2 heterocycles. The highest BCUT2D eigenvalue weighted by Crippen LogP contribution is 2.13. The number of aryl methyl sites for hydroxylation is 1. The topological polar surface area (TPSA) is 96.0 Å². The van der Waals surface area contributed by atoms with Gasteiger partial charge in [0.2, 0.25) is 0 Å². The van der Waals surface area contributed by atoms with E-state index in [1.54, 1.807) is 12.1 Å². The minimum Gasteiger partial charge on any atom is -0.282 e. The van der Waals surface area contributed by atoms with Gasteiger partial charge < -0.3 is 0 Å². The van der Waals surface area contributed by atoms with Gasteiger partial charge in [-0.3, -0.25) is 20.5 Å². The van der Waals surface area contributed by atoms with Crippen LogP contribution in [0, 0.1) is 6.92 Å². The molecule has 0 saturated heterocycles. The number of aromatic nitrogens is 2. The van der Waals surface area contributed by atoms with Gasteiger partial charge in [0.05, 0.1) is 5.69 Å². The van der Waals surface area contributed by atoms with E-state index in [9.17, 15) is 9.59 Å². The number of hydrogen-bond donors (Lipinski definition) is 3. The number of anilines is 1. The van der Waals surface area contributed by atoms with Crippen LogP contribution in [0.25, 0.3) is 0 Å². The number of carbonyl (C=O) groups is 2. The molecule has 3 amide bonds. The molecule has 7 nitrogen and oxygen atoms in total. The van der Waals surface area contributed by atoms with Gasteiger partial charge in [0.1, 0.15) is 0 Å². The van der Waals surface area contributed by atoms with Gasteiger partial charge in [0.15, 0.2) is 5.13 Å². The Morgan fingerprint density at radius 1 is 1.21 bits per heavy atom. The van der Waals surface area contributed by atoms with Gasteiger partial charge in [-0.1, -0.05) is 0 Å². The van der Waals surface area contributed by atoms with Gasteiger partial charge in [-0.15, -0.1) is 11.3 Å². The molecule has 0 aliphatic rings. The maximum Gasteiger partial charge on any atom is 0.339 e. The molecule has 0 unspecified atom stereocenters. The molecule has 2 rings (SSSR count). The zero-order valence-electron chi connectivity index (χ0n) is 10.0. The number of hydrazine groups is 1. The Balaban J connectivity index is 1.82. The Labute approximate surface area is 113 Å². The molecule has 19 heavy (non-hydrogen) atoms. The van der Waals surface area contributed by atoms with Crippen molar-refractivity contribution in [1.82, 2.24) is 20.8 Å². The lowest BCUT2D eigenvalue weighted by molar-refractivity contribution is 0.0938. The van der Waals surface area contributed by atoms with Crippen LogP contribution in [0.15, 0.2) is 29.9 Å². The van der Waals surface area contributed by atoms with E-state index >= 15 is 0 Å². The molecule has 0 aliphatic heterocycles. The van der Waals surface area contributed by atoms with Crippen LogP contribution in [0.3, 0.4) is 0 Å². The molecule has 0 aliphatic carbocycles. The minimum atomic E-state index is -0.559. The number of hydrogen-bond acceptors (Lipinski definition) is 5. The Morgan fingerprint density at radius 2 is 1.95 bits per heavy atom. The van der Waals surface area contributed by atoms with E-state index < -0.39 is 11.9 Å². The van der Waals surface area contributed by atoms with E-state index in [0.29, 0.717) is 10.7 Å². The van der Waals surface area contributed by atoms with Gasteiger partial charge >= 0.3 is 6.03 Å². The highest BCUT2D eigenvalue weighted by molar-refractivity contribution is 7.13. The van der Waals surface area contributed by atoms with Gasteiger partial charge in [0, 0.05) is 23.3 Å². The molecule has 3 N–H and O–H groups in total. The number of amides is 3. The molecule has 8 heteroatoms. The molecule has 0 saturated carbocycles. The van der Waals surface area contributed by atoms with E-state index in [-0.39, 0.29) is 0 Å². The van der Waals surface area contributed by atoms with E-state index in [1.807, 2.05) is 12.3 Å². The number of nitrogens with zero attached hydrogens (tertiary/aromatic N) is 2. The molecule has 0 atom stereocenters. The molecule has 98 valence electrons. The SMILES string of the molecule is Cc1csc(NC(=O)NNC(=O)c2ccncc2)n1. The van der Waals surface area contributed by atoms with Crippen molar-refractivity contribution in [3.05, 3.63) is 41.2 Å². The summed E-state index contributed by atoms with van der Waals surface area (Å²) in [6.07, 6.45) is 2.99.